The number of carbonyl (C=O) groups is 2. The van der Waals surface area contributed by atoms with E-state index in [2.05, 4.69) is 17.6 Å². The fourth-order valence-corrected chi connectivity index (χ4v) is 2.04. The summed E-state index contributed by atoms with van der Waals surface area (Å²) in [5.41, 5.74) is 0.0339. The van der Waals surface area contributed by atoms with Crippen LogP contribution < -0.4 is 10.6 Å². The van der Waals surface area contributed by atoms with Gasteiger partial charge in [-0.2, -0.15) is 0 Å². The maximum absolute atomic E-state index is 11.7. The number of carboxylic acids is 1. The lowest BCUT2D eigenvalue weighted by Gasteiger charge is -2.33. The van der Waals surface area contributed by atoms with Crippen molar-refractivity contribution in [3.8, 4) is 0 Å². The second kappa shape index (κ2) is 6.75. The van der Waals surface area contributed by atoms with Crippen LogP contribution in [0.3, 0.4) is 0 Å². The third-order valence-electron chi connectivity index (χ3n) is 3.59. The van der Waals surface area contributed by atoms with Gasteiger partial charge in [-0.3, -0.25) is 0 Å². The maximum atomic E-state index is 11.7. The van der Waals surface area contributed by atoms with E-state index in [1.807, 2.05) is 0 Å². The Morgan fingerprint density at radius 2 is 1.89 bits per heavy atom. The summed E-state index contributed by atoms with van der Waals surface area (Å²) in [6.45, 7) is 7.59. The van der Waals surface area contributed by atoms with Crippen molar-refractivity contribution in [3.63, 3.8) is 0 Å². The molecule has 3 N–H and O–H groups in total. The summed E-state index contributed by atoms with van der Waals surface area (Å²) in [5, 5.41) is 14.3. The monoisotopic (exact) mass is 272 g/mol. The van der Waals surface area contributed by atoms with Crippen molar-refractivity contribution in [1.29, 1.82) is 0 Å². The molecule has 110 valence electrons. The summed E-state index contributed by atoms with van der Waals surface area (Å²) >= 11 is 0. The minimum atomic E-state index is -1.01. The van der Waals surface area contributed by atoms with Crippen molar-refractivity contribution in [3.05, 3.63) is 0 Å². The molecule has 0 aromatic rings. The molecule has 0 radical (unpaired) electrons. The van der Waals surface area contributed by atoms with E-state index in [0.29, 0.717) is 19.8 Å². The second-order valence-electron chi connectivity index (χ2n) is 5.81. The largest absolute Gasteiger partial charge is 0.480 e. The first-order valence-corrected chi connectivity index (χ1v) is 6.69. The van der Waals surface area contributed by atoms with Gasteiger partial charge >= 0.3 is 12.0 Å². The number of hydrogen-bond acceptors (Lipinski definition) is 3. The van der Waals surface area contributed by atoms with Crippen molar-refractivity contribution in [2.24, 2.45) is 11.3 Å². The number of ether oxygens (including phenoxy) is 1. The first-order valence-electron chi connectivity index (χ1n) is 6.69. The van der Waals surface area contributed by atoms with Crippen LogP contribution in [0.2, 0.25) is 0 Å². The van der Waals surface area contributed by atoms with Crippen molar-refractivity contribution in [2.75, 3.05) is 19.8 Å². The fourth-order valence-electron chi connectivity index (χ4n) is 2.04. The van der Waals surface area contributed by atoms with Crippen molar-refractivity contribution >= 4 is 12.0 Å². The van der Waals surface area contributed by atoms with Gasteiger partial charge in [0.15, 0.2) is 0 Å². The molecule has 1 atom stereocenters. The minimum absolute atomic E-state index is 0.0339. The van der Waals surface area contributed by atoms with Gasteiger partial charge in [0.05, 0.1) is 0 Å². The van der Waals surface area contributed by atoms with Crippen molar-refractivity contribution in [2.45, 2.75) is 39.7 Å². The maximum Gasteiger partial charge on any atom is 0.326 e. The van der Waals surface area contributed by atoms with E-state index in [-0.39, 0.29) is 11.3 Å². The summed E-state index contributed by atoms with van der Waals surface area (Å²) in [6, 6.07) is -1.28. The first kappa shape index (κ1) is 15.8. The van der Waals surface area contributed by atoms with Gasteiger partial charge in [-0.15, -0.1) is 0 Å². The van der Waals surface area contributed by atoms with Crippen molar-refractivity contribution in [1.82, 2.24) is 10.6 Å². The van der Waals surface area contributed by atoms with E-state index < -0.39 is 18.0 Å². The molecule has 1 aliphatic heterocycles. The average Bonchev–Trinajstić information content (AvgIpc) is 2.34. The Kier molecular flexibility index (Phi) is 5.60. The van der Waals surface area contributed by atoms with Crippen LogP contribution in [0, 0.1) is 11.3 Å². The molecule has 0 aliphatic carbocycles. The van der Waals surface area contributed by atoms with E-state index in [9.17, 15) is 9.59 Å². The molecule has 1 fully saturated rings. The Morgan fingerprint density at radius 3 is 2.37 bits per heavy atom. The SMILES string of the molecule is CC(C)C(NC(=O)NCC1(C)CCOCC1)C(=O)O. The Morgan fingerprint density at radius 1 is 1.32 bits per heavy atom. The number of nitrogens with one attached hydrogen (secondary N) is 2. The smallest absolute Gasteiger partial charge is 0.326 e. The highest BCUT2D eigenvalue weighted by Gasteiger charge is 2.29. The zero-order valence-electron chi connectivity index (χ0n) is 11.9. The molecule has 0 aromatic carbocycles. The molecule has 19 heavy (non-hydrogen) atoms. The number of aliphatic carboxylic acids is 1. The topological polar surface area (TPSA) is 87.7 Å². The Bertz CT molecular complexity index is 325. The van der Waals surface area contributed by atoms with E-state index in [1.54, 1.807) is 13.8 Å². The highest BCUT2D eigenvalue weighted by atomic mass is 16.5. The lowest BCUT2D eigenvalue weighted by Crippen LogP contribution is -2.50. The Labute approximate surface area is 113 Å². The minimum Gasteiger partial charge on any atom is -0.480 e. The molecule has 1 rings (SSSR count). The van der Waals surface area contributed by atoms with Crippen molar-refractivity contribution < 1.29 is 19.4 Å². The van der Waals surface area contributed by atoms with Crippen LogP contribution in [0.4, 0.5) is 4.79 Å². The third-order valence-corrected chi connectivity index (χ3v) is 3.59. The highest BCUT2D eigenvalue weighted by Crippen LogP contribution is 2.28. The van der Waals surface area contributed by atoms with Gasteiger partial charge in [0.25, 0.3) is 0 Å². The van der Waals surface area contributed by atoms with E-state index in [1.165, 1.54) is 0 Å². The molecular formula is C13H24N2O4. The second-order valence-corrected chi connectivity index (χ2v) is 5.81. The molecule has 1 aliphatic rings. The van der Waals surface area contributed by atoms with E-state index in [4.69, 9.17) is 9.84 Å². The van der Waals surface area contributed by atoms with Crippen LogP contribution in [0.1, 0.15) is 33.6 Å². The van der Waals surface area contributed by atoms with E-state index in [0.717, 1.165) is 12.8 Å². The summed E-state index contributed by atoms with van der Waals surface area (Å²) in [4.78, 5) is 22.7. The quantitative estimate of drug-likeness (QED) is 0.702. The molecule has 2 amide bonds. The zero-order valence-corrected chi connectivity index (χ0v) is 11.9. The van der Waals surface area contributed by atoms with Gasteiger partial charge in [-0.05, 0) is 24.2 Å². The molecule has 0 saturated carbocycles. The average molecular weight is 272 g/mol. The Hall–Kier alpha value is -1.30. The van der Waals surface area contributed by atoms with Gasteiger partial charge in [0, 0.05) is 19.8 Å². The van der Waals surface area contributed by atoms with Crippen LogP contribution in [-0.2, 0) is 9.53 Å². The number of hydrogen-bond donors (Lipinski definition) is 3. The van der Waals surface area contributed by atoms with E-state index >= 15 is 0 Å². The van der Waals surface area contributed by atoms with Gasteiger partial charge in [-0.25, -0.2) is 9.59 Å². The first-order chi connectivity index (χ1) is 8.84. The molecule has 1 unspecified atom stereocenters. The molecule has 0 aromatic heterocycles. The highest BCUT2D eigenvalue weighted by molar-refractivity contribution is 5.82. The summed E-state index contributed by atoms with van der Waals surface area (Å²) in [6.07, 6.45) is 1.81. The molecule has 6 heteroatoms. The standard InChI is InChI=1S/C13H24N2O4/c1-9(2)10(11(16)17)15-12(18)14-8-13(3)4-6-19-7-5-13/h9-10H,4-8H2,1-3H3,(H,16,17)(H2,14,15,18). The number of carbonyl (C=O) groups excluding carboxylic acids is 1. The summed E-state index contributed by atoms with van der Waals surface area (Å²) in [7, 11) is 0. The predicted molar refractivity (Wildman–Crippen MR) is 71.0 cm³/mol. The predicted octanol–water partition coefficient (Wildman–Crippen LogP) is 1.21. The van der Waals surface area contributed by atoms with Crippen LogP contribution in [0.15, 0.2) is 0 Å². The van der Waals surface area contributed by atoms with Crippen LogP contribution in [-0.4, -0.2) is 42.9 Å². The number of amides is 2. The molecule has 0 bridgehead atoms. The van der Waals surface area contributed by atoms with Crippen LogP contribution >= 0.6 is 0 Å². The number of carboxylic acid groups (broad SMARTS) is 1. The molecular weight excluding hydrogens is 248 g/mol. The Balaban J connectivity index is 2.40. The summed E-state index contributed by atoms with van der Waals surface area (Å²) < 4.78 is 5.29. The zero-order chi connectivity index (χ0) is 14.5. The summed E-state index contributed by atoms with van der Waals surface area (Å²) in [5.74, 6) is -1.16. The van der Waals surface area contributed by atoms with Crippen LogP contribution in [0.25, 0.3) is 0 Å². The molecule has 6 nitrogen and oxygen atoms in total. The van der Waals surface area contributed by atoms with Crippen LogP contribution in [0.5, 0.6) is 0 Å². The number of urea groups is 1. The third kappa shape index (κ3) is 5.06. The van der Waals surface area contributed by atoms with Gasteiger partial charge < -0.3 is 20.5 Å². The number of rotatable bonds is 5. The van der Waals surface area contributed by atoms with Gasteiger partial charge in [0.2, 0.25) is 0 Å². The normalized spacial score (nSPS) is 19.8. The molecule has 1 saturated heterocycles. The van der Waals surface area contributed by atoms with Gasteiger partial charge in [-0.1, -0.05) is 20.8 Å². The molecule has 1 heterocycles. The lowest BCUT2D eigenvalue weighted by atomic mass is 9.82. The fraction of sp³-hybridized carbons (Fsp3) is 0.846. The lowest BCUT2D eigenvalue weighted by molar-refractivity contribution is -0.140. The van der Waals surface area contributed by atoms with Gasteiger partial charge in [0.1, 0.15) is 6.04 Å². The molecule has 0 spiro atoms.